The molecule has 5 N–H and O–H groups in total. The molecule has 11 nitrogen and oxygen atoms in total. The van der Waals surface area contributed by atoms with Gasteiger partial charge < -0.3 is 35.2 Å². The summed E-state index contributed by atoms with van der Waals surface area (Å²) in [6.07, 6.45) is 5.10. The Labute approximate surface area is 271 Å². The van der Waals surface area contributed by atoms with Gasteiger partial charge in [-0.3, -0.25) is 4.79 Å². The number of hydrogen-bond acceptors (Lipinski definition) is 11. The van der Waals surface area contributed by atoms with Gasteiger partial charge in [-0.1, -0.05) is 0 Å². The topological polar surface area (TPSA) is 176 Å². The molecule has 1 aromatic carbocycles. The Bertz CT molecular complexity index is 2000. The van der Waals surface area contributed by atoms with E-state index in [-0.39, 0.29) is 52.0 Å². The van der Waals surface area contributed by atoms with Crippen LogP contribution in [0.4, 0.5) is 11.6 Å². The highest BCUT2D eigenvalue weighted by molar-refractivity contribution is 5.88. The number of anilines is 2. The van der Waals surface area contributed by atoms with Crippen molar-refractivity contribution in [3.05, 3.63) is 69.7 Å². The Morgan fingerprint density at radius 2 is 1.81 bits per heavy atom. The molecule has 9 rings (SSSR count). The van der Waals surface area contributed by atoms with E-state index >= 15 is 0 Å². The van der Waals surface area contributed by atoms with Gasteiger partial charge in [-0.2, -0.15) is 0 Å². The molecule has 1 saturated carbocycles. The summed E-state index contributed by atoms with van der Waals surface area (Å²) >= 11 is 0. The van der Waals surface area contributed by atoms with Crippen molar-refractivity contribution in [3.8, 4) is 22.8 Å². The molecule has 4 aromatic rings. The Balaban J connectivity index is 1.10. The molecule has 2 bridgehead atoms. The Morgan fingerprint density at radius 3 is 2.57 bits per heavy atom. The van der Waals surface area contributed by atoms with Gasteiger partial charge in [0.05, 0.1) is 11.8 Å². The minimum atomic E-state index is -1.04. The summed E-state index contributed by atoms with van der Waals surface area (Å²) < 4.78 is 25.1. The third kappa shape index (κ3) is 4.73. The summed E-state index contributed by atoms with van der Waals surface area (Å²) in [5, 5.41) is 11.7. The quantitative estimate of drug-likeness (QED) is 0.198. The minimum Gasteiger partial charge on any atom is -0.507 e. The average Bonchev–Trinajstić information content (AvgIpc) is 3.74. The monoisotopic (exact) mass is 638 g/mol. The maximum Gasteiger partial charge on any atom is 0.341 e. The molecule has 244 valence electrons. The number of carbonyl (C=O) groups excluding carboxylic acids is 1. The number of fused-ring (bicyclic) bond motifs is 5. The summed E-state index contributed by atoms with van der Waals surface area (Å²) in [5.74, 6) is 0.909. The molecule has 1 aliphatic carbocycles. The zero-order chi connectivity index (χ0) is 32.8. The largest absolute Gasteiger partial charge is 0.507 e. The number of nitrogens with two attached hydrogens (primary N) is 2. The fourth-order valence-corrected chi connectivity index (χ4v) is 8.55. The van der Waals surface area contributed by atoms with Crippen LogP contribution in [0.2, 0.25) is 0 Å². The lowest BCUT2D eigenvalue weighted by atomic mass is 9.66. The molecular formula is C36H38N4O7. The van der Waals surface area contributed by atoms with Crippen LogP contribution in [0.15, 0.2) is 51.8 Å². The minimum absolute atomic E-state index is 0.0120. The molecule has 3 aromatic heterocycles. The van der Waals surface area contributed by atoms with E-state index in [4.69, 9.17) is 30.1 Å². The molecule has 1 spiro atoms. The van der Waals surface area contributed by atoms with E-state index in [1.54, 1.807) is 25.3 Å². The van der Waals surface area contributed by atoms with Crippen LogP contribution >= 0.6 is 0 Å². The SMILES string of the molecule is Cc1cc(=O)c2c(O)c3c(cc2o1)OC(C)(C)[C@@H]1OC(=O)[C@]2(O[C@@H]2CCc2cc(N)nc(-c4ccnc(N)c4)c2)C2CCC(CC2)[C@H]31. The third-order valence-corrected chi connectivity index (χ3v) is 10.7. The first kappa shape index (κ1) is 29.7. The van der Waals surface area contributed by atoms with E-state index < -0.39 is 17.3 Å². The van der Waals surface area contributed by atoms with Crippen LogP contribution in [0, 0.1) is 18.8 Å². The van der Waals surface area contributed by atoms with Crippen molar-refractivity contribution in [2.24, 2.45) is 11.8 Å². The molecular weight excluding hydrogens is 600 g/mol. The van der Waals surface area contributed by atoms with Crippen LogP contribution in [0.25, 0.3) is 22.2 Å². The molecule has 7 heterocycles. The fraction of sp³-hybridized carbons (Fsp3) is 0.444. The number of carbonyl (C=O) groups is 1. The van der Waals surface area contributed by atoms with Crippen LogP contribution in [-0.2, 0) is 20.7 Å². The van der Waals surface area contributed by atoms with E-state index in [1.807, 2.05) is 32.0 Å². The zero-order valence-electron chi connectivity index (χ0n) is 26.6. The van der Waals surface area contributed by atoms with Gasteiger partial charge in [-0.15, -0.1) is 0 Å². The number of hydrogen-bond donors (Lipinski definition) is 3. The van der Waals surface area contributed by atoms with Crippen LogP contribution in [-0.4, -0.2) is 44.5 Å². The molecule has 3 saturated heterocycles. The number of rotatable bonds is 4. The highest BCUT2D eigenvalue weighted by Crippen LogP contribution is 2.60. The Kier molecular flexibility index (Phi) is 6.60. The van der Waals surface area contributed by atoms with Crippen molar-refractivity contribution in [1.29, 1.82) is 0 Å². The van der Waals surface area contributed by atoms with Crippen molar-refractivity contribution in [1.82, 2.24) is 9.97 Å². The van der Waals surface area contributed by atoms with Crippen molar-refractivity contribution >= 4 is 28.6 Å². The second kappa shape index (κ2) is 10.4. The molecule has 4 atom stereocenters. The first-order valence-corrected chi connectivity index (χ1v) is 16.3. The first-order valence-electron chi connectivity index (χ1n) is 16.3. The van der Waals surface area contributed by atoms with Crippen LogP contribution < -0.4 is 21.6 Å². The van der Waals surface area contributed by atoms with E-state index in [9.17, 15) is 14.7 Å². The van der Waals surface area contributed by atoms with Crippen LogP contribution in [0.5, 0.6) is 11.5 Å². The summed E-state index contributed by atoms with van der Waals surface area (Å²) in [4.78, 5) is 35.9. The summed E-state index contributed by atoms with van der Waals surface area (Å²) in [5.41, 5.74) is 13.1. The summed E-state index contributed by atoms with van der Waals surface area (Å²) in [7, 11) is 0. The summed E-state index contributed by atoms with van der Waals surface area (Å²) in [6, 6.07) is 10.5. The number of esters is 1. The molecule has 4 aliphatic heterocycles. The van der Waals surface area contributed by atoms with Gasteiger partial charge in [-0.25, -0.2) is 14.8 Å². The standard InChI is InChI=1S/C36H38N4O7/c1-17-12-23(41)30-24(44-17)16-25-31(32(30)42)29-19-5-7-21(8-6-19)36(34(43)45-33(29)35(2,3)46-25)26(47-36)9-4-18-13-22(40-28(38)14-18)20-10-11-39-27(37)15-20/h10-16,19,21,26,29,33,42H,4-9H2,1-3H3,(H2,37,39)(H2,38,40)/t19?,21?,26-,29-,33-,36+/m1/s1. The average molecular weight is 639 g/mol. The number of aromatic hydroxyl groups is 1. The summed E-state index contributed by atoms with van der Waals surface area (Å²) in [6.45, 7) is 5.50. The van der Waals surface area contributed by atoms with E-state index in [2.05, 4.69) is 9.97 Å². The van der Waals surface area contributed by atoms with Gasteiger partial charge in [-0.05, 0) is 95.0 Å². The Morgan fingerprint density at radius 1 is 1.02 bits per heavy atom. The molecule has 5 aliphatic rings. The lowest BCUT2D eigenvalue weighted by molar-refractivity contribution is -0.172. The molecule has 4 fully saturated rings. The maximum absolute atomic E-state index is 14.3. The number of epoxide rings is 1. The highest BCUT2D eigenvalue weighted by atomic mass is 16.7. The number of nitrogen functional groups attached to an aromatic ring is 2. The molecule has 11 heteroatoms. The fourth-order valence-electron chi connectivity index (χ4n) is 8.55. The number of benzene rings is 1. The van der Waals surface area contributed by atoms with E-state index in [0.29, 0.717) is 47.2 Å². The number of aryl methyl sites for hydroxylation is 2. The number of phenolic OH excluding ortho intramolecular Hbond substituents is 1. The predicted octanol–water partition coefficient (Wildman–Crippen LogP) is 5.19. The maximum atomic E-state index is 14.3. The molecule has 0 unspecified atom stereocenters. The van der Waals surface area contributed by atoms with Gasteiger partial charge in [0, 0.05) is 41.3 Å². The number of pyridine rings is 2. The van der Waals surface area contributed by atoms with Crippen molar-refractivity contribution in [2.75, 3.05) is 11.5 Å². The van der Waals surface area contributed by atoms with Crippen molar-refractivity contribution in [3.63, 3.8) is 0 Å². The van der Waals surface area contributed by atoms with Gasteiger partial charge in [0.1, 0.15) is 51.6 Å². The van der Waals surface area contributed by atoms with Gasteiger partial charge in [0.15, 0.2) is 11.0 Å². The zero-order valence-corrected chi connectivity index (χ0v) is 26.6. The molecule has 47 heavy (non-hydrogen) atoms. The lowest BCUT2D eigenvalue weighted by Gasteiger charge is -2.47. The van der Waals surface area contributed by atoms with E-state index in [1.165, 1.54) is 6.07 Å². The van der Waals surface area contributed by atoms with Gasteiger partial charge in [0.25, 0.3) is 0 Å². The normalized spacial score (nSPS) is 28.8. The third-order valence-electron chi connectivity index (χ3n) is 10.7. The van der Waals surface area contributed by atoms with Crippen LogP contribution in [0.1, 0.15) is 68.8 Å². The van der Waals surface area contributed by atoms with Crippen molar-refractivity contribution in [2.45, 2.75) is 88.6 Å². The number of aromatic nitrogens is 2. The second-order valence-electron chi connectivity index (χ2n) is 14.1. The Hall–Kier alpha value is -4.64. The van der Waals surface area contributed by atoms with Crippen LogP contribution in [0.3, 0.4) is 0 Å². The second-order valence-corrected chi connectivity index (χ2v) is 14.1. The highest BCUT2D eigenvalue weighted by Gasteiger charge is 2.69. The predicted molar refractivity (Wildman–Crippen MR) is 174 cm³/mol. The molecule has 0 amide bonds. The molecule has 0 radical (unpaired) electrons. The van der Waals surface area contributed by atoms with Gasteiger partial charge >= 0.3 is 5.97 Å². The van der Waals surface area contributed by atoms with Crippen molar-refractivity contribution < 1.29 is 28.5 Å². The first-order chi connectivity index (χ1) is 22.4. The van der Waals surface area contributed by atoms with Gasteiger partial charge in [0.2, 0.25) is 0 Å². The van der Waals surface area contributed by atoms with E-state index in [0.717, 1.165) is 36.8 Å². The smallest absolute Gasteiger partial charge is 0.341 e. The lowest BCUT2D eigenvalue weighted by Crippen LogP contribution is -2.53. The number of phenols is 1. The number of nitrogens with zero attached hydrogens (tertiary/aromatic N) is 2. The number of ether oxygens (including phenoxy) is 3.